The Hall–Kier alpha value is 0.620. The van der Waals surface area contributed by atoms with Gasteiger partial charge in [-0.3, -0.25) is 4.90 Å². The highest BCUT2D eigenvalue weighted by Crippen LogP contribution is 2.19. The number of likely N-dealkylation sites (tertiary alicyclic amines) is 1. The topological polar surface area (TPSA) is 6.48 Å². The number of hydrogen-bond donors (Lipinski definition) is 2. The minimum atomic E-state index is 0.0565. The van der Waals surface area contributed by atoms with Crippen LogP contribution in [0.5, 0.6) is 0 Å². The fourth-order valence-electron chi connectivity index (χ4n) is 2.77. The predicted molar refractivity (Wildman–Crippen MR) is 92.9 cm³/mol. The fourth-order valence-corrected chi connectivity index (χ4v) is 3.17. The van der Waals surface area contributed by atoms with E-state index in [9.17, 15) is 0 Å². The third kappa shape index (κ3) is 9.22. The second-order valence-corrected chi connectivity index (χ2v) is 9.66. The second kappa shape index (κ2) is 7.58. The first-order chi connectivity index (χ1) is 8.66. The SMILES string of the molecule is CC(C)(S)CN(CCN1CCCCC1)CC(C)(C)S. The van der Waals surface area contributed by atoms with Crippen molar-refractivity contribution in [1.82, 2.24) is 9.80 Å². The molecule has 1 rings (SSSR count). The molecule has 0 amide bonds. The van der Waals surface area contributed by atoms with Gasteiger partial charge < -0.3 is 4.90 Å². The minimum absolute atomic E-state index is 0.0565. The van der Waals surface area contributed by atoms with Gasteiger partial charge in [0.25, 0.3) is 0 Å². The van der Waals surface area contributed by atoms with Crippen LogP contribution in [0.15, 0.2) is 0 Å². The number of piperidine rings is 1. The summed E-state index contributed by atoms with van der Waals surface area (Å²) in [6, 6.07) is 0. The van der Waals surface area contributed by atoms with Crippen molar-refractivity contribution in [2.45, 2.75) is 56.5 Å². The summed E-state index contributed by atoms with van der Waals surface area (Å²) in [5, 5.41) is 0. The molecule has 1 heterocycles. The zero-order chi connectivity index (χ0) is 14.5. The van der Waals surface area contributed by atoms with Gasteiger partial charge >= 0.3 is 0 Å². The first-order valence-corrected chi connectivity index (χ1v) is 8.45. The van der Waals surface area contributed by atoms with Crippen LogP contribution in [0.25, 0.3) is 0 Å². The molecule has 0 aliphatic carbocycles. The lowest BCUT2D eigenvalue weighted by Gasteiger charge is -2.36. The highest BCUT2D eigenvalue weighted by molar-refractivity contribution is 7.82. The molecular formula is C15H32N2S2. The van der Waals surface area contributed by atoms with Gasteiger partial charge in [-0.15, -0.1) is 0 Å². The minimum Gasteiger partial charge on any atom is -0.302 e. The Labute approximate surface area is 131 Å². The van der Waals surface area contributed by atoms with Crippen molar-refractivity contribution in [3.63, 3.8) is 0 Å². The summed E-state index contributed by atoms with van der Waals surface area (Å²) in [5.74, 6) is 0. The number of nitrogens with zero attached hydrogens (tertiary/aromatic N) is 2. The molecule has 0 atom stereocenters. The van der Waals surface area contributed by atoms with Crippen LogP contribution in [-0.4, -0.2) is 58.6 Å². The van der Waals surface area contributed by atoms with E-state index >= 15 is 0 Å². The van der Waals surface area contributed by atoms with Crippen LogP contribution in [0.3, 0.4) is 0 Å². The molecular weight excluding hydrogens is 272 g/mol. The van der Waals surface area contributed by atoms with Gasteiger partial charge in [-0.1, -0.05) is 6.42 Å². The van der Waals surface area contributed by atoms with Crippen LogP contribution in [0.2, 0.25) is 0 Å². The summed E-state index contributed by atoms with van der Waals surface area (Å²) in [6.45, 7) is 15.7. The van der Waals surface area contributed by atoms with Gasteiger partial charge in [0, 0.05) is 35.7 Å². The van der Waals surface area contributed by atoms with Gasteiger partial charge in [0.1, 0.15) is 0 Å². The normalized spacial score (nSPS) is 19.1. The van der Waals surface area contributed by atoms with Crippen molar-refractivity contribution in [2.75, 3.05) is 39.3 Å². The highest BCUT2D eigenvalue weighted by atomic mass is 32.1. The Kier molecular flexibility index (Phi) is 7.05. The molecule has 1 saturated heterocycles. The maximum atomic E-state index is 4.68. The van der Waals surface area contributed by atoms with Gasteiger partial charge in [-0.2, -0.15) is 25.3 Å². The van der Waals surface area contributed by atoms with E-state index in [4.69, 9.17) is 0 Å². The average molecular weight is 305 g/mol. The van der Waals surface area contributed by atoms with E-state index < -0.39 is 0 Å². The first-order valence-electron chi connectivity index (χ1n) is 7.55. The Bertz CT molecular complexity index is 234. The molecule has 0 bridgehead atoms. The Morgan fingerprint density at radius 2 is 1.37 bits per heavy atom. The summed E-state index contributed by atoms with van der Waals surface area (Å²) >= 11 is 9.37. The zero-order valence-corrected chi connectivity index (χ0v) is 14.9. The van der Waals surface area contributed by atoms with Crippen molar-refractivity contribution in [3.8, 4) is 0 Å². The van der Waals surface area contributed by atoms with E-state index in [0.717, 1.165) is 19.6 Å². The van der Waals surface area contributed by atoms with Crippen LogP contribution >= 0.6 is 25.3 Å². The maximum Gasteiger partial charge on any atom is 0.0200 e. The molecule has 114 valence electrons. The van der Waals surface area contributed by atoms with E-state index in [0.29, 0.717) is 0 Å². The molecule has 19 heavy (non-hydrogen) atoms. The fraction of sp³-hybridized carbons (Fsp3) is 1.00. The van der Waals surface area contributed by atoms with E-state index in [2.05, 4.69) is 62.8 Å². The van der Waals surface area contributed by atoms with Crippen LogP contribution in [-0.2, 0) is 0 Å². The Morgan fingerprint density at radius 3 is 1.79 bits per heavy atom. The molecule has 4 heteroatoms. The molecule has 0 aromatic heterocycles. The zero-order valence-electron chi connectivity index (χ0n) is 13.2. The second-order valence-electron chi connectivity index (χ2n) is 7.24. The summed E-state index contributed by atoms with van der Waals surface area (Å²) in [4.78, 5) is 5.13. The number of rotatable bonds is 7. The smallest absolute Gasteiger partial charge is 0.0200 e. The van der Waals surface area contributed by atoms with Gasteiger partial charge in [0.05, 0.1) is 0 Å². The maximum absolute atomic E-state index is 4.68. The Morgan fingerprint density at radius 1 is 0.895 bits per heavy atom. The predicted octanol–water partition coefficient (Wildman–Crippen LogP) is 3.19. The molecule has 0 aromatic carbocycles. The van der Waals surface area contributed by atoms with Crippen LogP contribution in [0, 0.1) is 0 Å². The molecule has 2 nitrogen and oxygen atoms in total. The highest BCUT2D eigenvalue weighted by Gasteiger charge is 2.23. The third-order valence-electron chi connectivity index (χ3n) is 3.40. The van der Waals surface area contributed by atoms with Gasteiger partial charge in [0.2, 0.25) is 0 Å². The number of hydrogen-bond acceptors (Lipinski definition) is 4. The molecule has 1 aliphatic heterocycles. The molecule has 1 aliphatic rings. The summed E-state index contributed by atoms with van der Waals surface area (Å²) in [6.07, 6.45) is 4.15. The molecule has 1 fully saturated rings. The lowest BCUT2D eigenvalue weighted by molar-refractivity contribution is 0.170. The van der Waals surface area contributed by atoms with E-state index in [-0.39, 0.29) is 9.49 Å². The van der Waals surface area contributed by atoms with Crippen molar-refractivity contribution < 1.29 is 0 Å². The summed E-state index contributed by atoms with van der Waals surface area (Å²) in [7, 11) is 0. The van der Waals surface area contributed by atoms with Crippen LogP contribution in [0.4, 0.5) is 0 Å². The number of thiol groups is 2. The molecule has 0 aromatic rings. The monoisotopic (exact) mass is 304 g/mol. The van der Waals surface area contributed by atoms with Crippen molar-refractivity contribution in [2.24, 2.45) is 0 Å². The molecule has 0 saturated carbocycles. The van der Waals surface area contributed by atoms with Crippen molar-refractivity contribution in [1.29, 1.82) is 0 Å². The van der Waals surface area contributed by atoms with Gasteiger partial charge in [0.15, 0.2) is 0 Å². The molecule has 0 unspecified atom stereocenters. The van der Waals surface area contributed by atoms with E-state index in [1.807, 2.05) is 0 Å². The van der Waals surface area contributed by atoms with Crippen LogP contribution in [0.1, 0.15) is 47.0 Å². The lowest BCUT2D eigenvalue weighted by Crippen LogP contribution is -2.45. The first kappa shape index (κ1) is 17.7. The summed E-state index contributed by atoms with van der Waals surface area (Å²) in [5.41, 5.74) is 0. The Balaban J connectivity index is 2.43. The largest absolute Gasteiger partial charge is 0.302 e. The lowest BCUT2D eigenvalue weighted by atomic mass is 10.1. The quantitative estimate of drug-likeness (QED) is 0.698. The molecule has 0 spiro atoms. The molecule has 0 N–H and O–H groups in total. The average Bonchev–Trinajstić information content (AvgIpc) is 2.23. The van der Waals surface area contributed by atoms with E-state index in [1.165, 1.54) is 38.9 Å². The van der Waals surface area contributed by atoms with Crippen LogP contribution < -0.4 is 0 Å². The van der Waals surface area contributed by atoms with Crippen molar-refractivity contribution in [3.05, 3.63) is 0 Å². The standard InChI is InChI=1S/C15H32N2S2/c1-14(2,18)12-17(13-15(3,4)19)11-10-16-8-6-5-7-9-16/h18-19H,5-13H2,1-4H3. The van der Waals surface area contributed by atoms with Gasteiger partial charge in [-0.25, -0.2) is 0 Å². The third-order valence-corrected chi connectivity index (χ3v) is 3.69. The van der Waals surface area contributed by atoms with Gasteiger partial charge in [-0.05, 0) is 53.6 Å². The van der Waals surface area contributed by atoms with E-state index in [1.54, 1.807) is 0 Å². The summed E-state index contributed by atoms with van der Waals surface area (Å²) < 4.78 is 0.113. The molecule has 0 radical (unpaired) electrons. The van der Waals surface area contributed by atoms with Crippen molar-refractivity contribution >= 4 is 25.3 Å².